The zero-order valence-corrected chi connectivity index (χ0v) is 7.31. The van der Waals surface area contributed by atoms with Gasteiger partial charge in [-0.25, -0.2) is 0 Å². The fourth-order valence-corrected chi connectivity index (χ4v) is 2.14. The fraction of sp³-hybridized carbons (Fsp3) is 0.625. The van der Waals surface area contributed by atoms with Crippen molar-refractivity contribution in [2.45, 2.75) is 19.3 Å². The van der Waals surface area contributed by atoms with Gasteiger partial charge in [-0.1, -0.05) is 0 Å². The van der Waals surface area contributed by atoms with Gasteiger partial charge in [-0.3, -0.25) is 0 Å². The van der Waals surface area contributed by atoms with E-state index in [-0.39, 0.29) is 0 Å². The van der Waals surface area contributed by atoms with Crippen LogP contribution in [0, 0.1) is 0 Å². The lowest BCUT2D eigenvalue weighted by Crippen LogP contribution is -2.28. The van der Waals surface area contributed by atoms with E-state index in [9.17, 15) is 0 Å². The molecule has 0 spiro atoms. The molecule has 11 heavy (non-hydrogen) atoms. The Balaban J connectivity index is 2.04. The summed E-state index contributed by atoms with van der Waals surface area (Å²) in [5.74, 6) is 0. The van der Waals surface area contributed by atoms with Crippen LogP contribution < -0.4 is 4.90 Å². The van der Waals surface area contributed by atoms with Gasteiger partial charge in [0.1, 0.15) is 5.00 Å². The highest BCUT2D eigenvalue weighted by Crippen LogP contribution is 2.22. The maximum atomic E-state index is 4.10. The van der Waals surface area contributed by atoms with E-state index >= 15 is 0 Å². The van der Waals surface area contributed by atoms with Gasteiger partial charge in [0, 0.05) is 19.3 Å². The first-order chi connectivity index (χ1) is 5.47. The van der Waals surface area contributed by atoms with Crippen LogP contribution in [0.4, 0.5) is 5.00 Å². The summed E-state index contributed by atoms with van der Waals surface area (Å²) >= 11 is 1.61. The molecule has 1 fully saturated rings. The second-order valence-corrected chi connectivity index (χ2v) is 3.71. The second kappa shape index (κ2) is 3.22. The maximum absolute atomic E-state index is 4.10. The monoisotopic (exact) mass is 168 g/mol. The molecule has 0 amide bonds. The minimum atomic E-state index is 1.22. The average Bonchev–Trinajstić information content (AvgIpc) is 2.58. The smallest absolute Gasteiger partial charge is 0.111 e. The number of anilines is 1. The van der Waals surface area contributed by atoms with Gasteiger partial charge in [0.15, 0.2) is 0 Å². The molecule has 1 aliphatic rings. The zero-order chi connectivity index (χ0) is 7.52. The van der Waals surface area contributed by atoms with Crippen molar-refractivity contribution in [1.82, 2.24) is 4.37 Å². The van der Waals surface area contributed by atoms with Crippen molar-refractivity contribution < 1.29 is 0 Å². The summed E-state index contributed by atoms with van der Waals surface area (Å²) in [6, 6.07) is 2.11. The van der Waals surface area contributed by atoms with E-state index in [2.05, 4.69) is 15.3 Å². The van der Waals surface area contributed by atoms with E-state index in [0.29, 0.717) is 0 Å². The van der Waals surface area contributed by atoms with Gasteiger partial charge in [-0.05, 0) is 36.9 Å². The first kappa shape index (κ1) is 7.10. The Morgan fingerprint density at radius 3 is 2.73 bits per heavy atom. The van der Waals surface area contributed by atoms with Gasteiger partial charge in [-0.15, -0.1) is 0 Å². The normalized spacial score (nSPS) is 18.7. The van der Waals surface area contributed by atoms with E-state index in [1.807, 2.05) is 6.20 Å². The van der Waals surface area contributed by atoms with Crippen LogP contribution in [0.2, 0.25) is 0 Å². The number of aromatic nitrogens is 1. The Bertz CT molecular complexity index is 202. The predicted octanol–water partition coefficient (Wildman–Crippen LogP) is 2.13. The molecule has 0 atom stereocenters. The lowest BCUT2D eigenvalue weighted by atomic mass is 10.1. The Morgan fingerprint density at radius 2 is 2.09 bits per heavy atom. The van der Waals surface area contributed by atoms with Crippen molar-refractivity contribution in [2.75, 3.05) is 18.0 Å². The molecule has 0 aromatic carbocycles. The molecule has 0 bridgehead atoms. The Hall–Kier alpha value is -0.570. The largest absolute Gasteiger partial charge is 0.362 e. The molecule has 1 saturated heterocycles. The standard InChI is InChI=1S/C8H12N2S/c1-2-6-10(7-3-1)8-4-5-9-11-8/h4-5H,1-3,6-7H2. The summed E-state index contributed by atoms with van der Waals surface area (Å²) in [6.07, 6.45) is 5.97. The van der Waals surface area contributed by atoms with E-state index in [1.165, 1.54) is 37.4 Å². The minimum absolute atomic E-state index is 1.22. The Morgan fingerprint density at radius 1 is 1.27 bits per heavy atom. The van der Waals surface area contributed by atoms with Crippen molar-refractivity contribution in [3.63, 3.8) is 0 Å². The molecule has 0 radical (unpaired) electrons. The van der Waals surface area contributed by atoms with Gasteiger partial charge in [0.05, 0.1) is 0 Å². The van der Waals surface area contributed by atoms with Crippen LogP contribution in [0.3, 0.4) is 0 Å². The maximum Gasteiger partial charge on any atom is 0.111 e. The van der Waals surface area contributed by atoms with Crippen molar-refractivity contribution in [1.29, 1.82) is 0 Å². The average molecular weight is 168 g/mol. The summed E-state index contributed by atoms with van der Waals surface area (Å²) < 4.78 is 4.10. The molecule has 0 unspecified atom stereocenters. The molecule has 60 valence electrons. The third-order valence-corrected chi connectivity index (χ3v) is 2.90. The van der Waals surface area contributed by atoms with Crippen LogP contribution in [0.5, 0.6) is 0 Å². The summed E-state index contributed by atoms with van der Waals surface area (Å²) in [5.41, 5.74) is 0. The summed E-state index contributed by atoms with van der Waals surface area (Å²) in [4.78, 5) is 2.43. The van der Waals surface area contributed by atoms with Crippen LogP contribution in [-0.2, 0) is 0 Å². The zero-order valence-electron chi connectivity index (χ0n) is 6.49. The summed E-state index contributed by atoms with van der Waals surface area (Å²) in [7, 11) is 0. The third kappa shape index (κ3) is 1.53. The summed E-state index contributed by atoms with van der Waals surface area (Å²) in [5, 5.41) is 1.34. The molecule has 1 aromatic rings. The highest BCUT2D eigenvalue weighted by atomic mass is 32.1. The first-order valence-corrected chi connectivity index (χ1v) is 4.90. The molecule has 0 aliphatic carbocycles. The van der Waals surface area contributed by atoms with Crippen LogP contribution in [-0.4, -0.2) is 17.5 Å². The van der Waals surface area contributed by atoms with E-state index in [0.717, 1.165) is 0 Å². The van der Waals surface area contributed by atoms with E-state index in [4.69, 9.17) is 0 Å². The second-order valence-electron chi connectivity index (χ2n) is 2.90. The van der Waals surface area contributed by atoms with E-state index in [1.54, 1.807) is 11.5 Å². The summed E-state index contributed by atoms with van der Waals surface area (Å²) in [6.45, 7) is 2.45. The Labute approximate surface area is 71.0 Å². The van der Waals surface area contributed by atoms with Crippen LogP contribution in [0.25, 0.3) is 0 Å². The molecule has 0 saturated carbocycles. The third-order valence-electron chi connectivity index (χ3n) is 2.09. The number of hydrogen-bond acceptors (Lipinski definition) is 3. The van der Waals surface area contributed by atoms with Crippen molar-refractivity contribution in [2.24, 2.45) is 0 Å². The number of hydrogen-bond donors (Lipinski definition) is 0. The first-order valence-electron chi connectivity index (χ1n) is 4.12. The van der Waals surface area contributed by atoms with Crippen LogP contribution in [0.15, 0.2) is 12.3 Å². The molecule has 0 N–H and O–H groups in total. The molecule has 1 aliphatic heterocycles. The predicted molar refractivity (Wildman–Crippen MR) is 48.2 cm³/mol. The highest BCUT2D eigenvalue weighted by Gasteiger charge is 2.10. The molecule has 2 heterocycles. The lowest BCUT2D eigenvalue weighted by Gasteiger charge is -2.26. The van der Waals surface area contributed by atoms with Crippen LogP contribution in [0.1, 0.15) is 19.3 Å². The molecular formula is C8H12N2S. The van der Waals surface area contributed by atoms with Gasteiger partial charge in [-0.2, -0.15) is 4.37 Å². The molecule has 2 rings (SSSR count). The topological polar surface area (TPSA) is 16.1 Å². The molecule has 1 aromatic heterocycles. The number of piperidine rings is 1. The highest BCUT2D eigenvalue weighted by molar-refractivity contribution is 7.10. The SMILES string of the molecule is c1cc(N2CCCCC2)sn1. The van der Waals surface area contributed by atoms with Crippen LogP contribution >= 0.6 is 11.5 Å². The number of nitrogens with zero attached hydrogens (tertiary/aromatic N) is 2. The quantitative estimate of drug-likeness (QED) is 0.638. The molecule has 2 nitrogen and oxygen atoms in total. The minimum Gasteiger partial charge on any atom is -0.362 e. The van der Waals surface area contributed by atoms with Gasteiger partial charge < -0.3 is 4.90 Å². The van der Waals surface area contributed by atoms with Gasteiger partial charge >= 0.3 is 0 Å². The fourth-order valence-electron chi connectivity index (χ4n) is 1.49. The molecular weight excluding hydrogens is 156 g/mol. The number of rotatable bonds is 1. The Kier molecular flexibility index (Phi) is 2.08. The van der Waals surface area contributed by atoms with Crippen molar-refractivity contribution in [3.8, 4) is 0 Å². The molecule has 3 heteroatoms. The van der Waals surface area contributed by atoms with Gasteiger partial charge in [0.2, 0.25) is 0 Å². The van der Waals surface area contributed by atoms with Gasteiger partial charge in [0.25, 0.3) is 0 Å². The lowest BCUT2D eigenvalue weighted by molar-refractivity contribution is 0.580. The van der Waals surface area contributed by atoms with E-state index < -0.39 is 0 Å². The van der Waals surface area contributed by atoms with Crippen molar-refractivity contribution in [3.05, 3.63) is 12.3 Å². The van der Waals surface area contributed by atoms with Crippen molar-refractivity contribution >= 4 is 16.5 Å².